The summed E-state index contributed by atoms with van der Waals surface area (Å²) in [4.78, 5) is 34.1. The first-order valence-electron chi connectivity index (χ1n) is 11.4. The molecular weight excluding hydrogens is 364 g/mol. The highest BCUT2D eigenvalue weighted by Gasteiger charge is 2.66. The van der Waals surface area contributed by atoms with E-state index in [4.69, 9.17) is 0 Å². The molecule has 4 saturated heterocycles. The van der Waals surface area contributed by atoms with Gasteiger partial charge in [0.2, 0.25) is 11.8 Å². The van der Waals surface area contributed by atoms with Crippen LogP contribution in [0.2, 0.25) is 0 Å². The van der Waals surface area contributed by atoms with Crippen molar-refractivity contribution < 1.29 is 9.59 Å². The Morgan fingerprint density at radius 1 is 1.00 bits per heavy atom. The van der Waals surface area contributed by atoms with Crippen LogP contribution in [0.1, 0.15) is 44.1 Å². The topological polar surface area (TPSA) is 55.9 Å². The third kappa shape index (κ3) is 2.42. The molecule has 5 heterocycles. The summed E-state index contributed by atoms with van der Waals surface area (Å²) in [6.07, 6.45) is 6.92. The number of nitrogens with one attached hydrogen (secondary N) is 1. The molecule has 4 fully saturated rings. The van der Waals surface area contributed by atoms with Crippen molar-refractivity contribution in [2.24, 2.45) is 5.92 Å². The van der Waals surface area contributed by atoms with Crippen LogP contribution in [-0.2, 0) is 15.1 Å². The van der Waals surface area contributed by atoms with Gasteiger partial charge in [-0.2, -0.15) is 0 Å². The molecule has 6 rings (SSSR count). The second-order valence-corrected chi connectivity index (χ2v) is 9.54. The van der Waals surface area contributed by atoms with Crippen LogP contribution in [0, 0.1) is 5.92 Å². The minimum Gasteiger partial charge on any atom is -0.339 e. The molecule has 0 aromatic heterocycles. The molecule has 1 spiro atoms. The first kappa shape index (κ1) is 17.9. The Balaban J connectivity index is 1.29. The number of piperidine rings is 1. The van der Waals surface area contributed by atoms with Crippen LogP contribution in [0.5, 0.6) is 0 Å². The van der Waals surface area contributed by atoms with E-state index >= 15 is 0 Å². The van der Waals surface area contributed by atoms with Gasteiger partial charge < -0.3 is 10.2 Å². The minimum atomic E-state index is -0.801. The number of anilines is 1. The molecule has 1 aromatic rings. The Kier molecular flexibility index (Phi) is 4.04. The Morgan fingerprint density at radius 3 is 2.62 bits per heavy atom. The normalized spacial score (nSPS) is 34.9. The van der Waals surface area contributed by atoms with Crippen LogP contribution >= 0.6 is 0 Å². The highest BCUT2D eigenvalue weighted by Crippen LogP contribution is 2.55. The van der Waals surface area contributed by atoms with Crippen molar-refractivity contribution in [3.8, 4) is 0 Å². The molecule has 29 heavy (non-hydrogen) atoms. The smallest absolute Gasteiger partial charge is 0.250 e. The zero-order valence-corrected chi connectivity index (χ0v) is 17.0. The average molecular weight is 395 g/mol. The van der Waals surface area contributed by atoms with Gasteiger partial charge in [0.1, 0.15) is 5.54 Å². The lowest BCUT2D eigenvalue weighted by Gasteiger charge is -2.48. The summed E-state index contributed by atoms with van der Waals surface area (Å²) in [7, 11) is 0. The first-order valence-corrected chi connectivity index (χ1v) is 11.4. The van der Waals surface area contributed by atoms with Crippen LogP contribution < -0.4 is 5.32 Å². The van der Waals surface area contributed by atoms with E-state index in [1.165, 1.54) is 32.4 Å². The zero-order valence-electron chi connectivity index (χ0n) is 17.0. The molecule has 6 heteroatoms. The van der Waals surface area contributed by atoms with E-state index in [-0.39, 0.29) is 17.7 Å². The lowest BCUT2D eigenvalue weighted by Crippen LogP contribution is -2.64. The number of likely N-dealkylation sites (tertiary alicyclic amines) is 2. The van der Waals surface area contributed by atoms with Gasteiger partial charge in [-0.1, -0.05) is 24.6 Å². The number of para-hydroxylation sites is 1. The van der Waals surface area contributed by atoms with Gasteiger partial charge in [0.15, 0.2) is 0 Å². The van der Waals surface area contributed by atoms with Crippen molar-refractivity contribution >= 4 is 17.5 Å². The predicted molar refractivity (Wildman–Crippen MR) is 110 cm³/mol. The summed E-state index contributed by atoms with van der Waals surface area (Å²) >= 11 is 0. The molecule has 3 atom stereocenters. The van der Waals surface area contributed by atoms with E-state index in [2.05, 4.69) is 21.2 Å². The average Bonchev–Trinajstić information content (AvgIpc) is 3.36. The molecule has 154 valence electrons. The van der Waals surface area contributed by atoms with Crippen molar-refractivity contribution in [3.63, 3.8) is 0 Å². The zero-order chi connectivity index (χ0) is 19.6. The Labute approximate surface area is 172 Å². The molecule has 0 radical (unpaired) electrons. The van der Waals surface area contributed by atoms with Crippen LogP contribution in [-0.4, -0.2) is 71.3 Å². The molecule has 1 N–H and O–H groups in total. The first-order chi connectivity index (χ1) is 14.2. The van der Waals surface area contributed by atoms with Gasteiger partial charge in [-0.3, -0.25) is 19.4 Å². The van der Waals surface area contributed by atoms with Crippen molar-refractivity contribution in [1.29, 1.82) is 0 Å². The van der Waals surface area contributed by atoms with Gasteiger partial charge in [0.05, 0.1) is 5.92 Å². The van der Waals surface area contributed by atoms with Gasteiger partial charge in [-0.05, 0) is 57.8 Å². The monoisotopic (exact) mass is 394 g/mol. The van der Waals surface area contributed by atoms with Crippen molar-refractivity contribution in [2.45, 2.75) is 56.1 Å². The lowest BCUT2D eigenvalue weighted by molar-refractivity contribution is -0.150. The maximum atomic E-state index is 13.7. The molecule has 6 nitrogen and oxygen atoms in total. The lowest BCUT2D eigenvalue weighted by atomic mass is 9.77. The quantitative estimate of drug-likeness (QED) is 0.834. The summed E-state index contributed by atoms with van der Waals surface area (Å²) < 4.78 is 0. The van der Waals surface area contributed by atoms with Gasteiger partial charge >= 0.3 is 0 Å². The fraction of sp³-hybridized carbons (Fsp3) is 0.652. The second kappa shape index (κ2) is 6.54. The number of hydrogen-bond donors (Lipinski definition) is 1. The van der Waals surface area contributed by atoms with E-state index in [9.17, 15) is 9.59 Å². The standard InChI is InChI=1S/C23H30N4O2/c28-21(26-14-17(15-26)25-10-4-1-5-11-25)19-13-16-7-6-12-27(16)23(19)18-8-2-3-9-20(18)24-22(23)29/h2-3,8-9,16-17,19H,1,4-7,10-15H2,(H,24,29)/t16-,19-,23+/m1/s1. The molecule has 2 amide bonds. The van der Waals surface area contributed by atoms with Crippen molar-refractivity contribution in [2.75, 3.05) is 38.0 Å². The van der Waals surface area contributed by atoms with Gasteiger partial charge in [-0.15, -0.1) is 0 Å². The number of carbonyl (C=O) groups excluding carboxylic acids is 2. The van der Waals surface area contributed by atoms with E-state index in [1.807, 2.05) is 23.1 Å². The molecule has 0 bridgehead atoms. The number of rotatable bonds is 2. The number of nitrogens with zero attached hydrogens (tertiary/aromatic N) is 3. The fourth-order valence-electron chi connectivity index (χ4n) is 6.73. The summed E-state index contributed by atoms with van der Waals surface area (Å²) in [5, 5.41) is 3.10. The highest BCUT2D eigenvalue weighted by atomic mass is 16.2. The predicted octanol–water partition coefficient (Wildman–Crippen LogP) is 2.01. The maximum Gasteiger partial charge on any atom is 0.250 e. The van der Waals surface area contributed by atoms with Crippen LogP contribution in [0.4, 0.5) is 5.69 Å². The molecule has 5 aliphatic heterocycles. The summed E-state index contributed by atoms with van der Waals surface area (Å²) in [6, 6.07) is 8.86. The second-order valence-electron chi connectivity index (χ2n) is 9.54. The largest absolute Gasteiger partial charge is 0.339 e. The van der Waals surface area contributed by atoms with E-state index in [1.54, 1.807) is 0 Å². The SMILES string of the molecule is O=C([C@H]1C[C@H]2CCCN2[C@]12C(=O)Nc1ccccc12)N1CC(N2CCCCC2)C1. The van der Waals surface area contributed by atoms with Crippen LogP contribution in [0.3, 0.4) is 0 Å². The van der Waals surface area contributed by atoms with Crippen LogP contribution in [0.15, 0.2) is 24.3 Å². The molecular formula is C23H30N4O2. The minimum absolute atomic E-state index is 0.00885. The van der Waals surface area contributed by atoms with Crippen molar-refractivity contribution in [1.82, 2.24) is 14.7 Å². The molecule has 0 saturated carbocycles. The van der Waals surface area contributed by atoms with Crippen molar-refractivity contribution in [3.05, 3.63) is 29.8 Å². The molecule has 0 unspecified atom stereocenters. The Morgan fingerprint density at radius 2 is 1.79 bits per heavy atom. The molecule has 5 aliphatic rings. The van der Waals surface area contributed by atoms with E-state index in [0.29, 0.717) is 12.1 Å². The Hall–Kier alpha value is -1.92. The summed E-state index contributed by atoms with van der Waals surface area (Å²) in [5.74, 6) is -0.0622. The van der Waals surface area contributed by atoms with Gasteiger partial charge in [0.25, 0.3) is 0 Å². The summed E-state index contributed by atoms with van der Waals surface area (Å²) in [6.45, 7) is 4.92. The van der Waals surface area contributed by atoms with E-state index in [0.717, 1.165) is 50.1 Å². The molecule has 1 aromatic carbocycles. The third-order valence-electron chi connectivity index (χ3n) is 8.15. The summed E-state index contributed by atoms with van der Waals surface area (Å²) in [5.41, 5.74) is 1.10. The molecule has 0 aliphatic carbocycles. The Bertz CT molecular complexity index is 845. The maximum absolute atomic E-state index is 13.7. The number of hydrogen-bond acceptors (Lipinski definition) is 4. The number of benzene rings is 1. The number of carbonyl (C=O) groups is 2. The van der Waals surface area contributed by atoms with Gasteiger partial charge in [-0.25, -0.2) is 0 Å². The fourth-order valence-corrected chi connectivity index (χ4v) is 6.73. The van der Waals surface area contributed by atoms with Gasteiger partial charge in [0, 0.05) is 36.4 Å². The highest BCUT2D eigenvalue weighted by molar-refractivity contribution is 6.09. The number of fused-ring (bicyclic) bond motifs is 4. The number of amides is 2. The van der Waals surface area contributed by atoms with E-state index < -0.39 is 5.54 Å². The van der Waals surface area contributed by atoms with Crippen LogP contribution in [0.25, 0.3) is 0 Å². The third-order valence-corrected chi connectivity index (χ3v) is 8.15.